The molecule has 0 spiro atoms. The average Bonchev–Trinajstić information content (AvgIpc) is 2.87. The van der Waals surface area contributed by atoms with Crippen molar-refractivity contribution >= 4 is 45.1 Å². The predicted octanol–water partition coefficient (Wildman–Crippen LogP) is 3.60. The second-order valence-corrected chi connectivity index (χ2v) is 10.0. The number of likely N-dealkylation sites (N-methyl/N-ethyl adjacent to an activating group) is 1. The van der Waals surface area contributed by atoms with Gasteiger partial charge in [0, 0.05) is 31.2 Å². The molecule has 36 heavy (non-hydrogen) atoms. The molecule has 0 saturated heterocycles. The van der Waals surface area contributed by atoms with Gasteiger partial charge in [-0.25, -0.2) is 9.52 Å². The first-order valence-electron chi connectivity index (χ1n) is 10.9. The van der Waals surface area contributed by atoms with Crippen molar-refractivity contribution in [2.24, 2.45) is 0 Å². The van der Waals surface area contributed by atoms with Crippen LogP contribution in [0.25, 0.3) is 0 Å². The summed E-state index contributed by atoms with van der Waals surface area (Å²) in [5, 5.41) is 2.86. The Bertz CT molecular complexity index is 1300. The van der Waals surface area contributed by atoms with Crippen LogP contribution >= 0.6 is 11.6 Å². The molecule has 1 atom stereocenters. The van der Waals surface area contributed by atoms with Crippen LogP contribution in [0.3, 0.4) is 0 Å². The van der Waals surface area contributed by atoms with Crippen molar-refractivity contribution in [1.82, 2.24) is 10.0 Å². The van der Waals surface area contributed by atoms with Crippen LogP contribution in [-0.2, 0) is 21.4 Å². The van der Waals surface area contributed by atoms with Gasteiger partial charge in [-0.05, 0) is 48.0 Å². The molecule has 3 aromatic carbocycles. The number of hydrogen-bond donors (Lipinski definition) is 2. The van der Waals surface area contributed by atoms with E-state index in [1.165, 1.54) is 24.1 Å². The number of benzene rings is 3. The van der Waals surface area contributed by atoms with E-state index in [9.17, 15) is 18.0 Å². The molecule has 3 rings (SSSR count). The third-order valence-corrected chi connectivity index (χ3v) is 7.04. The third kappa shape index (κ3) is 6.89. The molecule has 0 fully saturated rings. The lowest BCUT2D eigenvalue weighted by Crippen LogP contribution is -2.54. The Hall–Kier alpha value is -3.76. The summed E-state index contributed by atoms with van der Waals surface area (Å²) in [6.45, 7) is 0. The lowest BCUT2D eigenvalue weighted by atomic mass is 10.0. The highest BCUT2D eigenvalue weighted by Crippen LogP contribution is 2.21. The molecular formula is C25H27ClN4O5S. The van der Waals surface area contributed by atoms with Gasteiger partial charge in [0.15, 0.2) is 0 Å². The highest BCUT2D eigenvalue weighted by molar-refractivity contribution is 7.91. The van der Waals surface area contributed by atoms with E-state index in [2.05, 4.69) is 5.32 Å². The fourth-order valence-corrected chi connectivity index (χ4v) is 4.41. The summed E-state index contributed by atoms with van der Waals surface area (Å²) in [5.41, 5.74) is 1.63. The summed E-state index contributed by atoms with van der Waals surface area (Å²) in [7, 11) is 0.120. The van der Waals surface area contributed by atoms with Crippen LogP contribution < -0.4 is 24.0 Å². The van der Waals surface area contributed by atoms with E-state index < -0.39 is 28.2 Å². The second kappa shape index (κ2) is 11.8. The maximum Gasteiger partial charge on any atom is 0.330 e. The Morgan fingerprint density at radius 3 is 2.22 bits per heavy atom. The smallest absolute Gasteiger partial charge is 0.330 e. The topological polar surface area (TPSA) is 108 Å². The summed E-state index contributed by atoms with van der Waals surface area (Å²) in [4.78, 5) is 27.5. The number of carbonyl (C=O) groups excluding carboxylic acids is 2. The molecular weight excluding hydrogens is 504 g/mol. The molecule has 0 aliphatic heterocycles. The van der Waals surface area contributed by atoms with Crippen LogP contribution in [-0.4, -0.2) is 47.6 Å². The molecule has 0 heterocycles. The van der Waals surface area contributed by atoms with Crippen LogP contribution in [0.15, 0.2) is 78.9 Å². The van der Waals surface area contributed by atoms with Crippen LogP contribution in [0.5, 0.6) is 5.75 Å². The predicted molar refractivity (Wildman–Crippen MR) is 141 cm³/mol. The van der Waals surface area contributed by atoms with E-state index in [1.54, 1.807) is 50.6 Å². The first-order chi connectivity index (χ1) is 17.1. The molecule has 1 unspecified atom stereocenters. The van der Waals surface area contributed by atoms with Crippen LogP contribution in [0.4, 0.5) is 16.2 Å². The molecule has 190 valence electrons. The fraction of sp³-hybridized carbons (Fsp3) is 0.200. The number of urea groups is 1. The van der Waals surface area contributed by atoms with E-state index in [1.807, 2.05) is 35.1 Å². The van der Waals surface area contributed by atoms with E-state index in [-0.39, 0.29) is 12.1 Å². The van der Waals surface area contributed by atoms with Crippen molar-refractivity contribution in [1.29, 1.82) is 0 Å². The Balaban J connectivity index is 1.79. The van der Waals surface area contributed by atoms with Crippen molar-refractivity contribution in [2.45, 2.75) is 12.5 Å². The average molecular weight is 531 g/mol. The Morgan fingerprint density at radius 1 is 0.944 bits per heavy atom. The van der Waals surface area contributed by atoms with Gasteiger partial charge in [0.1, 0.15) is 11.8 Å². The van der Waals surface area contributed by atoms with Gasteiger partial charge in [-0.1, -0.05) is 48.0 Å². The number of halogens is 1. The van der Waals surface area contributed by atoms with E-state index in [4.69, 9.17) is 16.3 Å². The Morgan fingerprint density at radius 2 is 1.61 bits per heavy atom. The number of methoxy groups -OCH3 is 1. The summed E-state index contributed by atoms with van der Waals surface area (Å²) in [6, 6.07) is 20.0. The van der Waals surface area contributed by atoms with Crippen molar-refractivity contribution in [2.75, 3.05) is 30.4 Å². The van der Waals surface area contributed by atoms with Gasteiger partial charge in [-0.3, -0.25) is 9.10 Å². The first kappa shape index (κ1) is 26.8. The van der Waals surface area contributed by atoms with Crippen molar-refractivity contribution < 1.29 is 22.7 Å². The molecule has 3 amide bonds. The van der Waals surface area contributed by atoms with Gasteiger partial charge in [0.2, 0.25) is 5.91 Å². The van der Waals surface area contributed by atoms with Gasteiger partial charge in [0.25, 0.3) is 0 Å². The molecule has 3 aromatic rings. The van der Waals surface area contributed by atoms with Gasteiger partial charge in [-0.15, -0.1) is 0 Å². The molecule has 0 aromatic heterocycles. The van der Waals surface area contributed by atoms with Crippen LogP contribution in [0, 0.1) is 0 Å². The summed E-state index contributed by atoms with van der Waals surface area (Å²) in [6.07, 6.45) is 0.151. The zero-order valence-electron chi connectivity index (χ0n) is 20.0. The van der Waals surface area contributed by atoms with Crippen LogP contribution in [0.2, 0.25) is 5.02 Å². The highest BCUT2D eigenvalue weighted by Gasteiger charge is 2.28. The number of hydrogen-bond acceptors (Lipinski definition) is 5. The maximum atomic E-state index is 13.4. The SMILES string of the molecule is COc1ccc(N(C)C(=O)C(Cc2ccccc2)NC(=O)NS(=O)(=O)N(C)c2cccc(Cl)c2)cc1. The monoisotopic (exact) mass is 530 g/mol. The Kier molecular flexibility index (Phi) is 8.78. The van der Waals surface area contributed by atoms with Crippen molar-refractivity contribution in [3.63, 3.8) is 0 Å². The third-order valence-electron chi connectivity index (χ3n) is 5.43. The zero-order chi connectivity index (χ0) is 26.3. The minimum absolute atomic E-state index is 0.151. The summed E-state index contributed by atoms with van der Waals surface area (Å²) >= 11 is 5.95. The maximum absolute atomic E-state index is 13.4. The minimum Gasteiger partial charge on any atom is -0.497 e. The molecule has 9 nitrogen and oxygen atoms in total. The zero-order valence-corrected chi connectivity index (χ0v) is 21.6. The van der Waals surface area contributed by atoms with Gasteiger partial charge in [0.05, 0.1) is 12.8 Å². The van der Waals surface area contributed by atoms with E-state index >= 15 is 0 Å². The number of nitrogens with one attached hydrogen (secondary N) is 2. The number of amides is 3. The minimum atomic E-state index is -4.28. The van der Waals surface area contributed by atoms with Crippen molar-refractivity contribution in [3.8, 4) is 5.75 Å². The van der Waals surface area contributed by atoms with E-state index in [0.717, 1.165) is 9.87 Å². The molecule has 0 radical (unpaired) electrons. The first-order valence-corrected chi connectivity index (χ1v) is 12.7. The number of anilines is 2. The van der Waals surface area contributed by atoms with Gasteiger partial charge < -0.3 is 15.0 Å². The van der Waals surface area contributed by atoms with Gasteiger partial charge >= 0.3 is 16.2 Å². The Labute approximate surface area is 215 Å². The largest absolute Gasteiger partial charge is 0.497 e. The van der Waals surface area contributed by atoms with Gasteiger partial charge in [-0.2, -0.15) is 8.42 Å². The van der Waals surface area contributed by atoms with E-state index in [0.29, 0.717) is 16.5 Å². The summed E-state index contributed by atoms with van der Waals surface area (Å²) < 4.78 is 33.6. The standard InChI is InChI=1S/C25H27ClN4O5S/c1-29(20-12-14-22(35-3)15-13-20)24(31)23(16-18-8-5-4-6-9-18)27-25(32)28-36(33,34)30(2)21-11-7-10-19(26)17-21/h4-15,17,23H,16H2,1-3H3,(H2,27,28,32). The highest BCUT2D eigenvalue weighted by atomic mass is 35.5. The number of rotatable bonds is 9. The summed E-state index contributed by atoms with van der Waals surface area (Å²) in [5.74, 6) is 0.201. The molecule has 0 aliphatic carbocycles. The normalized spacial score (nSPS) is 11.8. The number of nitrogens with zero attached hydrogens (tertiary/aromatic N) is 2. The quantitative estimate of drug-likeness (QED) is 0.439. The molecule has 0 aliphatic rings. The molecule has 0 saturated carbocycles. The second-order valence-electron chi connectivity index (χ2n) is 7.87. The number of ether oxygens (including phenoxy) is 1. The molecule has 0 bridgehead atoms. The number of carbonyl (C=O) groups is 2. The van der Waals surface area contributed by atoms with Crippen LogP contribution in [0.1, 0.15) is 5.56 Å². The molecule has 2 N–H and O–H groups in total. The van der Waals surface area contributed by atoms with Crippen molar-refractivity contribution in [3.05, 3.63) is 89.4 Å². The lowest BCUT2D eigenvalue weighted by Gasteiger charge is -2.26. The fourth-order valence-electron chi connectivity index (χ4n) is 3.40. The lowest BCUT2D eigenvalue weighted by molar-refractivity contribution is -0.120. The molecule has 11 heteroatoms.